The molecule has 1 aliphatic rings. The molecule has 0 heterocycles. The summed E-state index contributed by atoms with van der Waals surface area (Å²) in [6.45, 7) is 4.50. The van der Waals surface area contributed by atoms with Crippen molar-refractivity contribution in [3.63, 3.8) is 0 Å². The topological polar surface area (TPSA) is 12.0 Å². The van der Waals surface area contributed by atoms with E-state index in [1.54, 1.807) is 5.57 Å². The fraction of sp³-hybridized carbons (Fsp3) is 0.778. The van der Waals surface area contributed by atoms with Crippen molar-refractivity contribution >= 4 is 0 Å². The Morgan fingerprint density at radius 1 is 1.60 bits per heavy atom. The Labute approximate surface area is 63.5 Å². The standard InChI is InChI=1S/C9H17N/c1-2-7-10-8-9-5-3-4-6-9/h5,10H,2-4,6-8H2,1H3. The monoisotopic (exact) mass is 139 g/mol. The fourth-order valence-corrected chi connectivity index (χ4v) is 1.32. The summed E-state index contributed by atoms with van der Waals surface area (Å²) in [5.41, 5.74) is 1.62. The van der Waals surface area contributed by atoms with Crippen LogP contribution in [0.3, 0.4) is 0 Å². The normalized spacial score (nSPS) is 17.5. The van der Waals surface area contributed by atoms with E-state index in [2.05, 4.69) is 18.3 Å². The van der Waals surface area contributed by atoms with Crippen molar-refractivity contribution in [1.82, 2.24) is 5.32 Å². The van der Waals surface area contributed by atoms with Gasteiger partial charge in [-0.05, 0) is 32.2 Å². The summed E-state index contributed by atoms with van der Waals surface area (Å²) < 4.78 is 0. The van der Waals surface area contributed by atoms with Crippen LogP contribution < -0.4 is 5.32 Å². The quantitative estimate of drug-likeness (QED) is 0.464. The summed E-state index contributed by atoms with van der Waals surface area (Å²) in [7, 11) is 0. The summed E-state index contributed by atoms with van der Waals surface area (Å²) in [5.74, 6) is 0. The molecule has 0 aromatic heterocycles. The van der Waals surface area contributed by atoms with Crippen LogP contribution in [0.4, 0.5) is 0 Å². The lowest BCUT2D eigenvalue weighted by Crippen LogP contribution is -2.16. The average Bonchev–Trinajstić information content (AvgIpc) is 2.41. The second-order valence-corrected chi connectivity index (χ2v) is 2.93. The van der Waals surface area contributed by atoms with Crippen molar-refractivity contribution in [3.05, 3.63) is 11.6 Å². The predicted molar refractivity (Wildman–Crippen MR) is 45.1 cm³/mol. The van der Waals surface area contributed by atoms with Crippen LogP contribution in [0.15, 0.2) is 11.6 Å². The molecule has 58 valence electrons. The van der Waals surface area contributed by atoms with Gasteiger partial charge in [0.25, 0.3) is 0 Å². The lowest BCUT2D eigenvalue weighted by Gasteiger charge is -2.02. The molecule has 1 N–H and O–H groups in total. The molecule has 1 heteroatoms. The molecule has 0 saturated carbocycles. The van der Waals surface area contributed by atoms with Crippen molar-refractivity contribution in [2.45, 2.75) is 32.6 Å². The number of nitrogens with one attached hydrogen (secondary N) is 1. The Hall–Kier alpha value is -0.300. The summed E-state index contributed by atoms with van der Waals surface area (Å²) in [5, 5.41) is 3.41. The van der Waals surface area contributed by atoms with Crippen molar-refractivity contribution < 1.29 is 0 Å². The molecule has 0 unspecified atom stereocenters. The maximum Gasteiger partial charge on any atom is 0.0164 e. The van der Waals surface area contributed by atoms with E-state index in [-0.39, 0.29) is 0 Å². The zero-order valence-electron chi connectivity index (χ0n) is 6.82. The molecule has 0 saturated heterocycles. The first-order valence-electron chi connectivity index (χ1n) is 4.32. The van der Waals surface area contributed by atoms with Crippen LogP contribution in [0.5, 0.6) is 0 Å². The lowest BCUT2D eigenvalue weighted by molar-refractivity contribution is 0.702. The first kappa shape index (κ1) is 7.80. The Morgan fingerprint density at radius 3 is 3.10 bits per heavy atom. The van der Waals surface area contributed by atoms with E-state index in [9.17, 15) is 0 Å². The van der Waals surface area contributed by atoms with E-state index in [1.807, 2.05) is 0 Å². The molecular formula is C9H17N. The second-order valence-electron chi connectivity index (χ2n) is 2.93. The van der Waals surface area contributed by atoms with E-state index < -0.39 is 0 Å². The number of rotatable bonds is 4. The minimum absolute atomic E-state index is 1.13. The van der Waals surface area contributed by atoms with Gasteiger partial charge in [-0.2, -0.15) is 0 Å². The molecule has 0 aromatic carbocycles. The zero-order chi connectivity index (χ0) is 7.23. The zero-order valence-corrected chi connectivity index (χ0v) is 6.82. The average molecular weight is 139 g/mol. The van der Waals surface area contributed by atoms with Gasteiger partial charge in [-0.1, -0.05) is 18.6 Å². The highest BCUT2D eigenvalue weighted by atomic mass is 14.8. The third kappa shape index (κ3) is 2.53. The first-order chi connectivity index (χ1) is 4.93. The molecule has 10 heavy (non-hydrogen) atoms. The third-order valence-corrected chi connectivity index (χ3v) is 1.91. The van der Waals surface area contributed by atoms with Gasteiger partial charge in [0.15, 0.2) is 0 Å². The van der Waals surface area contributed by atoms with Gasteiger partial charge >= 0.3 is 0 Å². The fourth-order valence-electron chi connectivity index (χ4n) is 1.32. The number of hydrogen-bond donors (Lipinski definition) is 1. The van der Waals surface area contributed by atoms with Crippen LogP contribution in [-0.2, 0) is 0 Å². The molecular weight excluding hydrogens is 122 g/mol. The van der Waals surface area contributed by atoms with Gasteiger partial charge in [0, 0.05) is 6.54 Å². The van der Waals surface area contributed by atoms with E-state index in [4.69, 9.17) is 0 Å². The minimum atomic E-state index is 1.13. The van der Waals surface area contributed by atoms with Gasteiger partial charge in [0.1, 0.15) is 0 Å². The second kappa shape index (κ2) is 4.51. The molecule has 0 fully saturated rings. The lowest BCUT2D eigenvalue weighted by atomic mass is 10.2. The summed E-state index contributed by atoms with van der Waals surface area (Å²) in [6, 6.07) is 0. The largest absolute Gasteiger partial charge is 0.313 e. The molecule has 0 aliphatic heterocycles. The van der Waals surface area contributed by atoms with E-state index in [1.165, 1.54) is 25.7 Å². The van der Waals surface area contributed by atoms with E-state index >= 15 is 0 Å². The smallest absolute Gasteiger partial charge is 0.0164 e. The van der Waals surface area contributed by atoms with Crippen LogP contribution >= 0.6 is 0 Å². The number of allylic oxidation sites excluding steroid dienone is 1. The third-order valence-electron chi connectivity index (χ3n) is 1.91. The van der Waals surface area contributed by atoms with Crippen LogP contribution in [-0.4, -0.2) is 13.1 Å². The van der Waals surface area contributed by atoms with Gasteiger partial charge in [-0.25, -0.2) is 0 Å². The van der Waals surface area contributed by atoms with Crippen LogP contribution in [0.1, 0.15) is 32.6 Å². The summed E-state index contributed by atoms with van der Waals surface area (Å²) in [6.07, 6.45) is 7.64. The first-order valence-corrected chi connectivity index (χ1v) is 4.32. The molecule has 0 bridgehead atoms. The molecule has 0 amide bonds. The Balaban J connectivity index is 2.01. The molecule has 0 aromatic rings. The van der Waals surface area contributed by atoms with Gasteiger partial charge in [0.2, 0.25) is 0 Å². The highest BCUT2D eigenvalue weighted by Gasteiger charge is 2.01. The van der Waals surface area contributed by atoms with E-state index in [0.717, 1.165) is 13.1 Å². The Bertz CT molecular complexity index is 116. The molecule has 0 radical (unpaired) electrons. The van der Waals surface area contributed by atoms with Gasteiger partial charge in [0.05, 0.1) is 0 Å². The molecule has 1 aliphatic carbocycles. The number of hydrogen-bond acceptors (Lipinski definition) is 1. The summed E-state index contributed by atoms with van der Waals surface area (Å²) >= 11 is 0. The van der Waals surface area contributed by atoms with E-state index in [0.29, 0.717) is 0 Å². The van der Waals surface area contributed by atoms with Crippen molar-refractivity contribution in [1.29, 1.82) is 0 Å². The van der Waals surface area contributed by atoms with Crippen LogP contribution in [0.2, 0.25) is 0 Å². The SMILES string of the molecule is CCCNCC1=CCCC1. The highest BCUT2D eigenvalue weighted by molar-refractivity contribution is 5.08. The van der Waals surface area contributed by atoms with Crippen molar-refractivity contribution in [2.24, 2.45) is 0 Å². The highest BCUT2D eigenvalue weighted by Crippen LogP contribution is 2.15. The summed E-state index contributed by atoms with van der Waals surface area (Å²) in [4.78, 5) is 0. The Morgan fingerprint density at radius 2 is 2.50 bits per heavy atom. The van der Waals surface area contributed by atoms with Gasteiger partial charge in [-0.3, -0.25) is 0 Å². The minimum Gasteiger partial charge on any atom is -0.313 e. The molecule has 0 spiro atoms. The van der Waals surface area contributed by atoms with Crippen LogP contribution in [0.25, 0.3) is 0 Å². The van der Waals surface area contributed by atoms with Crippen molar-refractivity contribution in [2.75, 3.05) is 13.1 Å². The predicted octanol–water partition coefficient (Wildman–Crippen LogP) is 2.10. The van der Waals surface area contributed by atoms with Crippen LogP contribution in [0, 0.1) is 0 Å². The Kier molecular flexibility index (Phi) is 3.52. The molecule has 1 nitrogen and oxygen atoms in total. The maximum absolute atomic E-state index is 3.41. The van der Waals surface area contributed by atoms with Gasteiger partial charge < -0.3 is 5.32 Å². The molecule has 1 rings (SSSR count). The maximum atomic E-state index is 3.41. The van der Waals surface area contributed by atoms with Crippen molar-refractivity contribution in [3.8, 4) is 0 Å². The molecule has 0 atom stereocenters. The van der Waals surface area contributed by atoms with Gasteiger partial charge in [-0.15, -0.1) is 0 Å².